The van der Waals surface area contributed by atoms with Gasteiger partial charge in [0.2, 0.25) is 0 Å². The van der Waals surface area contributed by atoms with Crippen molar-refractivity contribution in [2.24, 2.45) is 0 Å². The molecular weight excluding hydrogens is 359 g/mol. The fourth-order valence-electron chi connectivity index (χ4n) is 3.91. The zero-order chi connectivity index (χ0) is 16.7. The van der Waals surface area contributed by atoms with Crippen molar-refractivity contribution < 1.29 is 9.18 Å². The molecule has 2 saturated heterocycles. The Morgan fingerprint density at radius 3 is 2.48 bits per heavy atom. The fourth-order valence-corrected chi connectivity index (χ4v) is 4.99. The first-order valence-corrected chi connectivity index (χ1v) is 9.33. The minimum Gasteiger partial charge on any atom is -0.348 e. The van der Waals surface area contributed by atoms with Crippen molar-refractivity contribution in [2.75, 3.05) is 0 Å². The number of hydrogen-bond acceptors (Lipinski definition) is 3. The van der Waals surface area contributed by atoms with Crippen LogP contribution in [0.3, 0.4) is 0 Å². The van der Waals surface area contributed by atoms with Crippen molar-refractivity contribution in [2.45, 2.75) is 50.7 Å². The average Bonchev–Trinajstić information content (AvgIpc) is 3.11. The van der Waals surface area contributed by atoms with Gasteiger partial charge in [-0.05, 0) is 61.9 Å². The predicted molar refractivity (Wildman–Crippen MR) is 102 cm³/mol. The summed E-state index contributed by atoms with van der Waals surface area (Å²) in [4.78, 5) is 14.4. The van der Waals surface area contributed by atoms with E-state index in [1.54, 1.807) is 12.1 Å². The van der Waals surface area contributed by atoms with Crippen LogP contribution in [0.15, 0.2) is 30.3 Å². The van der Waals surface area contributed by atoms with Crippen LogP contribution in [0.5, 0.6) is 0 Å². The van der Waals surface area contributed by atoms with Gasteiger partial charge in [-0.3, -0.25) is 4.79 Å². The number of carbonyl (C=O) groups excluding carboxylic acids is 1. The van der Waals surface area contributed by atoms with E-state index in [1.807, 2.05) is 13.0 Å². The van der Waals surface area contributed by atoms with Crippen LogP contribution in [0.25, 0.3) is 10.4 Å². The molecule has 2 fully saturated rings. The standard InChI is InChI=1S/C19H21FN2OS.ClH/c1-11-8-17(24-18(11)12-2-4-13(20)5-3-12)19(23)22-16-9-14-6-7-15(10-16)21-14;/h2-5,8,14-16,21H,6-7,9-10H2,1H3,(H,22,23);1H. The van der Waals surface area contributed by atoms with Crippen molar-refractivity contribution in [3.8, 4) is 10.4 Å². The molecule has 134 valence electrons. The number of benzene rings is 1. The monoisotopic (exact) mass is 380 g/mol. The molecule has 0 radical (unpaired) electrons. The SMILES string of the molecule is Cc1cc(C(=O)NC2CC3CCC(C2)N3)sc1-c1ccc(F)cc1.Cl. The lowest BCUT2D eigenvalue weighted by molar-refractivity contribution is 0.0928. The molecule has 3 heterocycles. The predicted octanol–water partition coefficient (Wildman–Crippen LogP) is 4.30. The van der Waals surface area contributed by atoms with E-state index in [2.05, 4.69) is 10.6 Å². The maximum Gasteiger partial charge on any atom is 0.261 e. The number of nitrogens with one attached hydrogen (secondary N) is 2. The maximum absolute atomic E-state index is 13.1. The van der Waals surface area contributed by atoms with E-state index in [-0.39, 0.29) is 30.2 Å². The van der Waals surface area contributed by atoms with Gasteiger partial charge < -0.3 is 10.6 Å². The summed E-state index contributed by atoms with van der Waals surface area (Å²) >= 11 is 1.48. The first-order valence-electron chi connectivity index (χ1n) is 8.52. The van der Waals surface area contributed by atoms with Gasteiger partial charge in [0, 0.05) is 23.0 Å². The van der Waals surface area contributed by atoms with Gasteiger partial charge in [0.25, 0.3) is 5.91 Å². The van der Waals surface area contributed by atoms with E-state index in [1.165, 1.54) is 36.3 Å². The molecule has 2 N–H and O–H groups in total. The van der Waals surface area contributed by atoms with Crippen molar-refractivity contribution >= 4 is 29.7 Å². The molecule has 2 aliphatic heterocycles. The molecule has 1 aromatic heterocycles. The summed E-state index contributed by atoms with van der Waals surface area (Å²) in [6.45, 7) is 2.00. The second-order valence-electron chi connectivity index (χ2n) is 6.91. The van der Waals surface area contributed by atoms with Gasteiger partial charge in [0.05, 0.1) is 4.88 Å². The lowest BCUT2D eigenvalue weighted by Crippen LogP contribution is -2.47. The summed E-state index contributed by atoms with van der Waals surface area (Å²) in [6, 6.07) is 9.78. The quantitative estimate of drug-likeness (QED) is 0.833. The summed E-state index contributed by atoms with van der Waals surface area (Å²) < 4.78 is 13.1. The molecule has 0 aliphatic carbocycles. The lowest BCUT2D eigenvalue weighted by Gasteiger charge is -2.29. The Kier molecular flexibility index (Phi) is 5.46. The number of rotatable bonds is 3. The third-order valence-corrected chi connectivity index (χ3v) is 6.34. The van der Waals surface area contributed by atoms with Crippen LogP contribution in [0.2, 0.25) is 0 Å². The number of carbonyl (C=O) groups is 1. The summed E-state index contributed by atoms with van der Waals surface area (Å²) in [5.41, 5.74) is 2.01. The Morgan fingerprint density at radius 1 is 1.20 bits per heavy atom. The molecule has 2 unspecified atom stereocenters. The summed E-state index contributed by atoms with van der Waals surface area (Å²) in [6.07, 6.45) is 4.50. The second-order valence-corrected chi connectivity index (χ2v) is 7.96. The third-order valence-electron chi connectivity index (χ3n) is 5.06. The number of aryl methyl sites for hydroxylation is 1. The summed E-state index contributed by atoms with van der Waals surface area (Å²) in [5, 5.41) is 6.80. The molecular formula is C19H22ClFN2OS. The van der Waals surface area contributed by atoms with Crippen LogP contribution in [0.4, 0.5) is 4.39 Å². The van der Waals surface area contributed by atoms with E-state index in [9.17, 15) is 9.18 Å². The molecule has 0 spiro atoms. The zero-order valence-corrected chi connectivity index (χ0v) is 15.7. The van der Waals surface area contributed by atoms with Crippen LogP contribution in [-0.4, -0.2) is 24.0 Å². The number of hydrogen-bond donors (Lipinski definition) is 2. The molecule has 2 bridgehead atoms. The number of halogens is 2. The van der Waals surface area contributed by atoms with Gasteiger partial charge >= 0.3 is 0 Å². The Morgan fingerprint density at radius 2 is 1.84 bits per heavy atom. The third kappa shape index (κ3) is 3.89. The minimum atomic E-state index is -0.244. The van der Waals surface area contributed by atoms with E-state index in [0.717, 1.165) is 33.7 Å². The second kappa shape index (κ2) is 7.44. The van der Waals surface area contributed by atoms with Crippen LogP contribution in [0, 0.1) is 12.7 Å². The van der Waals surface area contributed by atoms with E-state index in [4.69, 9.17) is 0 Å². The largest absolute Gasteiger partial charge is 0.348 e. The van der Waals surface area contributed by atoms with Crippen LogP contribution in [0.1, 0.15) is 40.9 Å². The number of amides is 1. The highest BCUT2D eigenvalue weighted by Crippen LogP contribution is 2.33. The summed E-state index contributed by atoms with van der Waals surface area (Å²) in [5.74, 6) is -0.228. The Labute approximate surface area is 157 Å². The van der Waals surface area contributed by atoms with E-state index >= 15 is 0 Å². The molecule has 4 rings (SSSR count). The number of piperidine rings is 1. The normalized spacial score (nSPS) is 24.6. The van der Waals surface area contributed by atoms with Crippen LogP contribution < -0.4 is 10.6 Å². The summed E-state index contributed by atoms with van der Waals surface area (Å²) in [7, 11) is 0. The topological polar surface area (TPSA) is 41.1 Å². The Bertz CT molecular complexity index is 749. The van der Waals surface area contributed by atoms with Crippen LogP contribution in [-0.2, 0) is 0 Å². The Hall–Kier alpha value is -1.43. The highest BCUT2D eigenvalue weighted by atomic mass is 35.5. The highest BCUT2D eigenvalue weighted by Gasteiger charge is 2.34. The molecule has 25 heavy (non-hydrogen) atoms. The molecule has 1 amide bonds. The molecule has 3 nitrogen and oxygen atoms in total. The van der Waals surface area contributed by atoms with E-state index in [0.29, 0.717) is 12.1 Å². The smallest absolute Gasteiger partial charge is 0.261 e. The van der Waals surface area contributed by atoms with Gasteiger partial charge in [0.15, 0.2) is 0 Å². The molecule has 0 saturated carbocycles. The first-order chi connectivity index (χ1) is 11.6. The van der Waals surface area contributed by atoms with Gasteiger partial charge in [0.1, 0.15) is 5.82 Å². The zero-order valence-electron chi connectivity index (χ0n) is 14.0. The molecule has 2 aliphatic rings. The first kappa shape index (κ1) is 18.4. The van der Waals surface area contributed by atoms with Gasteiger partial charge in [-0.2, -0.15) is 0 Å². The number of fused-ring (bicyclic) bond motifs is 2. The van der Waals surface area contributed by atoms with E-state index < -0.39 is 0 Å². The molecule has 2 atom stereocenters. The molecule has 2 aromatic rings. The van der Waals surface area contributed by atoms with Gasteiger partial charge in [-0.25, -0.2) is 4.39 Å². The molecule has 1 aromatic carbocycles. The number of thiophene rings is 1. The van der Waals surface area contributed by atoms with Crippen molar-refractivity contribution in [1.82, 2.24) is 10.6 Å². The fraction of sp³-hybridized carbons (Fsp3) is 0.421. The van der Waals surface area contributed by atoms with Crippen LogP contribution >= 0.6 is 23.7 Å². The maximum atomic E-state index is 13.1. The molecule has 6 heteroatoms. The average molecular weight is 381 g/mol. The highest BCUT2D eigenvalue weighted by molar-refractivity contribution is 7.17. The lowest BCUT2D eigenvalue weighted by atomic mass is 10.00. The van der Waals surface area contributed by atoms with Crippen molar-refractivity contribution in [3.63, 3.8) is 0 Å². The minimum absolute atomic E-state index is 0. The van der Waals surface area contributed by atoms with Gasteiger partial charge in [-0.15, -0.1) is 23.7 Å². The van der Waals surface area contributed by atoms with Crippen molar-refractivity contribution in [1.29, 1.82) is 0 Å². The van der Waals surface area contributed by atoms with Gasteiger partial charge in [-0.1, -0.05) is 12.1 Å². The van der Waals surface area contributed by atoms with Crippen molar-refractivity contribution in [3.05, 3.63) is 46.6 Å². The Balaban J connectivity index is 0.00000182.